The van der Waals surface area contributed by atoms with Crippen LogP contribution in [0.25, 0.3) is 10.9 Å². The van der Waals surface area contributed by atoms with Gasteiger partial charge in [0.25, 0.3) is 0 Å². The molecule has 3 N–H and O–H groups in total. The van der Waals surface area contributed by atoms with Gasteiger partial charge in [-0.3, -0.25) is 10.2 Å². The van der Waals surface area contributed by atoms with E-state index in [4.69, 9.17) is 22.1 Å². The summed E-state index contributed by atoms with van der Waals surface area (Å²) < 4.78 is 6.41. The summed E-state index contributed by atoms with van der Waals surface area (Å²) in [4.78, 5) is 32.1. The number of nitrogens with one attached hydrogen (secondary N) is 1. The van der Waals surface area contributed by atoms with Gasteiger partial charge in [-0.25, -0.2) is 14.8 Å². The molecule has 1 unspecified atom stereocenters. The Bertz CT molecular complexity index is 1560. The highest BCUT2D eigenvalue weighted by molar-refractivity contribution is 9.10. The van der Waals surface area contributed by atoms with Crippen LogP contribution in [0.1, 0.15) is 50.7 Å². The van der Waals surface area contributed by atoms with Crippen LogP contribution < -0.4 is 11.2 Å². The number of aryl methyl sites for hydroxylation is 1. The Hall–Kier alpha value is -3.36. The number of allylic oxidation sites excluding steroid dienone is 2. The van der Waals surface area contributed by atoms with Gasteiger partial charge in [0.15, 0.2) is 5.78 Å². The number of ketones is 1. The van der Waals surface area contributed by atoms with Gasteiger partial charge in [0, 0.05) is 27.4 Å². The van der Waals surface area contributed by atoms with E-state index in [1.54, 1.807) is 11.9 Å². The second-order valence-electron chi connectivity index (χ2n) is 10.8. The van der Waals surface area contributed by atoms with Crippen LogP contribution in [-0.4, -0.2) is 28.4 Å². The maximum absolute atomic E-state index is 13.9. The first-order chi connectivity index (χ1) is 18.5. The van der Waals surface area contributed by atoms with Gasteiger partial charge in [-0.05, 0) is 68.1 Å². The lowest BCUT2D eigenvalue weighted by atomic mass is 9.69. The van der Waals surface area contributed by atoms with Crippen molar-refractivity contribution in [1.29, 1.82) is 0 Å². The number of carbonyl (C=O) groups excluding carboxylic acids is 2. The molecule has 0 radical (unpaired) electrons. The molecule has 7 nitrogen and oxygen atoms in total. The number of anilines is 1. The molecule has 5 rings (SSSR count). The summed E-state index contributed by atoms with van der Waals surface area (Å²) in [6.07, 6.45) is 0.880. The Morgan fingerprint density at radius 1 is 1.21 bits per heavy atom. The second-order valence-corrected chi connectivity index (χ2v) is 12.0. The molecule has 0 amide bonds. The number of hydrogen-bond donors (Lipinski definition) is 2. The molecular formula is C30H30BrClN4O3. The number of fused-ring (bicyclic) bond motifs is 1. The Morgan fingerprint density at radius 2 is 1.92 bits per heavy atom. The van der Waals surface area contributed by atoms with Gasteiger partial charge < -0.3 is 10.5 Å². The van der Waals surface area contributed by atoms with Gasteiger partial charge in [-0.15, -0.1) is 0 Å². The number of nitrogens with two attached hydrogens (primary N) is 1. The molecule has 2 heterocycles. The molecule has 39 heavy (non-hydrogen) atoms. The SMILES string of the molecule is CCOC(=O)C1=C(N)N(Nc2ccc(Br)cc2)C2=C(C(=O)CC(C)(C)C2)C1c1cc2cc(C)ccc2nc1Cl. The van der Waals surface area contributed by atoms with E-state index < -0.39 is 11.9 Å². The average Bonchev–Trinajstić information content (AvgIpc) is 2.86. The third-order valence-electron chi connectivity index (χ3n) is 7.10. The molecule has 0 saturated carbocycles. The lowest BCUT2D eigenvalue weighted by molar-refractivity contribution is -0.139. The summed E-state index contributed by atoms with van der Waals surface area (Å²) in [5.74, 6) is -1.34. The van der Waals surface area contributed by atoms with E-state index in [0.717, 1.165) is 26.6 Å². The number of Topliss-reactive ketones (excluding diaryl/α,β-unsaturated/α-hetero) is 1. The summed E-state index contributed by atoms with van der Waals surface area (Å²) in [5, 5.41) is 2.73. The van der Waals surface area contributed by atoms with Crippen molar-refractivity contribution in [3.05, 3.63) is 91.9 Å². The number of esters is 1. The highest BCUT2D eigenvalue weighted by Gasteiger charge is 2.47. The molecule has 202 valence electrons. The fourth-order valence-corrected chi connectivity index (χ4v) is 5.92. The largest absolute Gasteiger partial charge is 0.463 e. The quantitative estimate of drug-likeness (QED) is 0.244. The molecule has 1 atom stereocenters. The van der Waals surface area contributed by atoms with E-state index in [9.17, 15) is 9.59 Å². The van der Waals surface area contributed by atoms with E-state index >= 15 is 0 Å². The molecule has 3 aromatic rings. The summed E-state index contributed by atoms with van der Waals surface area (Å²) >= 11 is 10.3. The van der Waals surface area contributed by atoms with Gasteiger partial charge in [-0.1, -0.05) is 53.0 Å². The number of ether oxygens (including phenoxy) is 1. The van der Waals surface area contributed by atoms with Gasteiger partial charge in [0.2, 0.25) is 0 Å². The van der Waals surface area contributed by atoms with E-state index in [1.165, 1.54) is 0 Å². The predicted octanol–water partition coefficient (Wildman–Crippen LogP) is 6.76. The highest BCUT2D eigenvalue weighted by atomic mass is 79.9. The maximum atomic E-state index is 13.9. The molecule has 2 aliphatic rings. The number of aromatic nitrogens is 1. The van der Waals surface area contributed by atoms with Crippen molar-refractivity contribution >= 4 is 55.9 Å². The van der Waals surface area contributed by atoms with Crippen LogP contribution in [0.15, 0.2) is 75.7 Å². The number of halogens is 2. The topological polar surface area (TPSA) is 97.5 Å². The Balaban J connectivity index is 1.77. The standard InChI is InChI=1S/C30H30BrClN4O3/c1-5-39-29(38)26-24(20-13-17-12-16(2)6-11-21(17)34-27(20)32)25-22(14-30(3,4)15-23(25)37)36(28(26)33)35-19-9-7-18(31)8-10-19/h6-13,24,35H,5,14-15,33H2,1-4H3. The van der Waals surface area contributed by atoms with Gasteiger partial charge in [0.1, 0.15) is 11.0 Å². The number of pyridine rings is 1. The van der Waals surface area contributed by atoms with Crippen molar-refractivity contribution in [3.8, 4) is 0 Å². The van der Waals surface area contributed by atoms with Gasteiger partial charge >= 0.3 is 5.97 Å². The normalized spacial score (nSPS) is 18.9. The molecule has 1 aliphatic carbocycles. The molecule has 0 fully saturated rings. The average molecular weight is 610 g/mol. The van der Waals surface area contributed by atoms with Crippen LogP contribution in [0.3, 0.4) is 0 Å². The number of carbonyl (C=O) groups is 2. The van der Waals surface area contributed by atoms with Gasteiger partial charge in [-0.2, -0.15) is 0 Å². The molecule has 0 saturated heterocycles. The minimum atomic E-state index is -0.824. The summed E-state index contributed by atoms with van der Waals surface area (Å²) in [6.45, 7) is 7.98. The van der Waals surface area contributed by atoms with Crippen LogP contribution >= 0.6 is 27.5 Å². The minimum Gasteiger partial charge on any atom is -0.463 e. The molecule has 1 aromatic heterocycles. The van der Waals surface area contributed by atoms with Crippen LogP contribution in [0.2, 0.25) is 5.15 Å². The summed E-state index contributed by atoms with van der Waals surface area (Å²) in [6, 6.07) is 15.3. The van der Waals surface area contributed by atoms with Crippen LogP contribution in [0.5, 0.6) is 0 Å². The number of hydrazine groups is 1. The maximum Gasteiger partial charge on any atom is 0.338 e. The first-order valence-electron chi connectivity index (χ1n) is 12.8. The monoisotopic (exact) mass is 608 g/mol. The lowest BCUT2D eigenvalue weighted by Crippen LogP contribution is -2.45. The van der Waals surface area contributed by atoms with Crippen LogP contribution in [0, 0.1) is 12.3 Å². The van der Waals surface area contributed by atoms with Gasteiger partial charge in [0.05, 0.1) is 35.0 Å². The third-order valence-corrected chi connectivity index (χ3v) is 7.93. The zero-order valence-electron chi connectivity index (χ0n) is 22.3. The fraction of sp³-hybridized carbons (Fsp3) is 0.300. The lowest BCUT2D eigenvalue weighted by Gasteiger charge is -2.44. The first kappa shape index (κ1) is 27.2. The van der Waals surface area contributed by atoms with E-state index in [1.807, 2.05) is 55.5 Å². The van der Waals surface area contributed by atoms with E-state index in [2.05, 4.69) is 40.2 Å². The molecule has 1 aliphatic heterocycles. The van der Waals surface area contributed by atoms with Crippen molar-refractivity contribution in [2.75, 3.05) is 12.0 Å². The molecule has 0 bridgehead atoms. The van der Waals surface area contributed by atoms with Crippen LogP contribution in [0.4, 0.5) is 5.69 Å². The molecule has 2 aromatic carbocycles. The second kappa shape index (κ2) is 10.3. The number of hydrogen-bond acceptors (Lipinski definition) is 7. The summed E-state index contributed by atoms with van der Waals surface area (Å²) in [5.41, 5.74) is 14.2. The van der Waals surface area contributed by atoms with Crippen molar-refractivity contribution in [1.82, 2.24) is 9.99 Å². The zero-order valence-corrected chi connectivity index (χ0v) is 24.6. The van der Waals surface area contributed by atoms with Crippen molar-refractivity contribution in [2.45, 2.75) is 46.5 Å². The number of nitrogens with zero attached hydrogens (tertiary/aromatic N) is 2. The summed E-state index contributed by atoms with van der Waals surface area (Å²) in [7, 11) is 0. The minimum absolute atomic E-state index is 0.0661. The van der Waals surface area contributed by atoms with Crippen molar-refractivity contribution < 1.29 is 14.3 Å². The molecule has 9 heteroatoms. The van der Waals surface area contributed by atoms with Crippen LogP contribution in [-0.2, 0) is 14.3 Å². The van der Waals surface area contributed by atoms with E-state index in [-0.39, 0.29) is 34.4 Å². The fourth-order valence-electron chi connectivity index (χ4n) is 5.40. The Kier molecular flexibility index (Phi) is 7.20. The number of benzene rings is 2. The predicted molar refractivity (Wildman–Crippen MR) is 157 cm³/mol. The Labute approximate surface area is 241 Å². The third kappa shape index (κ3) is 5.15. The van der Waals surface area contributed by atoms with Crippen molar-refractivity contribution in [2.24, 2.45) is 11.1 Å². The van der Waals surface area contributed by atoms with Crippen molar-refractivity contribution in [3.63, 3.8) is 0 Å². The zero-order chi connectivity index (χ0) is 28.1. The Morgan fingerprint density at radius 3 is 2.62 bits per heavy atom. The molecule has 0 spiro atoms. The van der Waals surface area contributed by atoms with E-state index in [0.29, 0.717) is 29.7 Å². The highest BCUT2D eigenvalue weighted by Crippen LogP contribution is 2.50. The first-order valence-corrected chi connectivity index (χ1v) is 14.0. The number of rotatable bonds is 5. The smallest absolute Gasteiger partial charge is 0.338 e. The molecular weight excluding hydrogens is 580 g/mol.